The van der Waals surface area contributed by atoms with Crippen LogP contribution < -0.4 is 15.4 Å². The fourth-order valence-electron chi connectivity index (χ4n) is 3.83. The van der Waals surface area contributed by atoms with Gasteiger partial charge < -0.3 is 15.4 Å². The lowest BCUT2D eigenvalue weighted by atomic mass is 10.0. The first-order valence-electron chi connectivity index (χ1n) is 11.3. The number of aromatic nitrogens is 1. The first-order chi connectivity index (χ1) is 15.6. The highest BCUT2D eigenvalue weighted by Crippen LogP contribution is 2.29. The molecule has 0 unspecified atom stereocenters. The van der Waals surface area contributed by atoms with Crippen LogP contribution in [0.3, 0.4) is 0 Å². The number of hydrogen-bond donors (Lipinski definition) is 2. The van der Waals surface area contributed by atoms with Crippen molar-refractivity contribution in [3.8, 4) is 5.88 Å². The Kier molecular flexibility index (Phi) is 7.52. The number of likely N-dealkylation sites (tertiary alicyclic amines) is 1. The predicted octanol–water partition coefficient (Wildman–Crippen LogP) is 3.48. The summed E-state index contributed by atoms with van der Waals surface area (Å²) in [6.45, 7) is 3.79. The van der Waals surface area contributed by atoms with E-state index >= 15 is 0 Å². The molecule has 2 fully saturated rings. The zero-order valence-corrected chi connectivity index (χ0v) is 18.5. The molecule has 0 spiro atoms. The Morgan fingerprint density at radius 3 is 2.62 bits per heavy atom. The van der Waals surface area contributed by atoms with Gasteiger partial charge in [0, 0.05) is 51.5 Å². The summed E-state index contributed by atoms with van der Waals surface area (Å²) in [6.07, 6.45) is 6.20. The minimum atomic E-state index is -0.802. The van der Waals surface area contributed by atoms with Crippen molar-refractivity contribution in [3.05, 3.63) is 59.3 Å². The Hall–Kier alpha value is -2.74. The average Bonchev–Trinajstić information content (AvgIpc) is 3.64. The number of piperidine rings is 1. The molecule has 8 heteroatoms. The SMILES string of the molecule is CN=C(NCc1ccnc(OCC2CC2)c1)NC1CCN(Cc2ccc(F)c(F)c2)CC1. The highest BCUT2D eigenvalue weighted by molar-refractivity contribution is 5.79. The van der Waals surface area contributed by atoms with Gasteiger partial charge in [0.25, 0.3) is 0 Å². The summed E-state index contributed by atoms with van der Waals surface area (Å²) in [7, 11) is 1.77. The minimum Gasteiger partial charge on any atom is -0.477 e. The Balaban J connectivity index is 1.20. The highest BCUT2D eigenvalue weighted by Gasteiger charge is 2.22. The van der Waals surface area contributed by atoms with Crippen LogP contribution in [0.2, 0.25) is 0 Å². The lowest BCUT2D eigenvalue weighted by Crippen LogP contribution is -2.48. The summed E-state index contributed by atoms with van der Waals surface area (Å²) in [5.74, 6) is 0.549. The molecule has 2 aromatic rings. The number of rotatable bonds is 8. The Morgan fingerprint density at radius 1 is 1.09 bits per heavy atom. The lowest BCUT2D eigenvalue weighted by molar-refractivity contribution is 0.198. The number of nitrogens with zero attached hydrogens (tertiary/aromatic N) is 3. The summed E-state index contributed by atoms with van der Waals surface area (Å²) in [5.41, 5.74) is 1.89. The molecule has 6 nitrogen and oxygen atoms in total. The molecule has 1 saturated carbocycles. The van der Waals surface area contributed by atoms with E-state index < -0.39 is 11.6 Å². The van der Waals surface area contributed by atoms with Gasteiger partial charge in [-0.25, -0.2) is 13.8 Å². The third kappa shape index (κ3) is 6.63. The van der Waals surface area contributed by atoms with Crippen molar-refractivity contribution in [1.29, 1.82) is 0 Å². The normalized spacial score (nSPS) is 17.9. The Labute approximate surface area is 188 Å². The molecule has 1 saturated heterocycles. The zero-order chi connectivity index (χ0) is 22.3. The quantitative estimate of drug-likeness (QED) is 0.483. The van der Waals surface area contributed by atoms with Crippen molar-refractivity contribution < 1.29 is 13.5 Å². The van der Waals surface area contributed by atoms with Crippen molar-refractivity contribution >= 4 is 5.96 Å². The van der Waals surface area contributed by atoms with Crippen LogP contribution in [0.25, 0.3) is 0 Å². The molecule has 2 N–H and O–H groups in total. The van der Waals surface area contributed by atoms with E-state index in [9.17, 15) is 8.78 Å². The molecule has 2 heterocycles. The minimum absolute atomic E-state index is 0.317. The third-order valence-corrected chi connectivity index (χ3v) is 5.97. The Morgan fingerprint density at radius 2 is 1.91 bits per heavy atom. The van der Waals surface area contributed by atoms with E-state index in [1.165, 1.54) is 25.0 Å². The number of guanidine groups is 1. The van der Waals surface area contributed by atoms with E-state index in [-0.39, 0.29) is 0 Å². The van der Waals surface area contributed by atoms with Crippen LogP contribution in [-0.2, 0) is 13.1 Å². The van der Waals surface area contributed by atoms with E-state index in [1.807, 2.05) is 12.1 Å². The van der Waals surface area contributed by atoms with Crippen LogP contribution in [-0.4, -0.2) is 48.6 Å². The van der Waals surface area contributed by atoms with Crippen molar-refractivity contribution in [3.63, 3.8) is 0 Å². The first-order valence-corrected chi connectivity index (χ1v) is 11.3. The van der Waals surface area contributed by atoms with Gasteiger partial charge in [0.1, 0.15) is 0 Å². The van der Waals surface area contributed by atoms with Gasteiger partial charge in [0.15, 0.2) is 17.6 Å². The van der Waals surface area contributed by atoms with E-state index in [0.717, 1.165) is 49.6 Å². The van der Waals surface area contributed by atoms with Crippen LogP contribution in [0.5, 0.6) is 5.88 Å². The molecule has 0 bridgehead atoms. The maximum Gasteiger partial charge on any atom is 0.213 e. The summed E-state index contributed by atoms with van der Waals surface area (Å²) in [6, 6.07) is 8.39. The molecule has 0 radical (unpaired) electrons. The molecule has 1 aromatic carbocycles. The van der Waals surface area contributed by atoms with Gasteiger partial charge in [0.2, 0.25) is 5.88 Å². The monoisotopic (exact) mass is 443 g/mol. The maximum atomic E-state index is 13.4. The van der Waals surface area contributed by atoms with Gasteiger partial charge in [-0.1, -0.05) is 6.07 Å². The molecule has 2 aliphatic rings. The zero-order valence-electron chi connectivity index (χ0n) is 18.5. The fourth-order valence-corrected chi connectivity index (χ4v) is 3.83. The average molecular weight is 444 g/mol. The molecular formula is C24H31F2N5O. The van der Waals surface area contributed by atoms with Gasteiger partial charge in [-0.15, -0.1) is 0 Å². The molecule has 172 valence electrons. The van der Waals surface area contributed by atoms with Gasteiger partial charge in [-0.05, 0) is 60.9 Å². The summed E-state index contributed by atoms with van der Waals surface area (Å²) in [5, 5.41) is 6.86. The Bertz CT molecular complexity index is 926. The highest BCUT2D eigenvalue weighted by atomic mass is 19.2. The standard InChI is InChI=1S/C24H31F2N5O/c1-27-24(29-14-18-6-9-28-23(13-18)32-16-17-2-3-17)30-20-7-10-31(11-8-20)15-19-4-5-21(25)22(26)12-19/h4-6,9,12-13,17,20H,2-3,7-8,10-11,14-16H2,1H3,(H2,27,29,30). The molecule has 1 aliphatic carbocycles. The lowest BCUT2D eigenvalue weighted by Gasteiger charge is -2.33. The van der Waals surface area contributed by atoms with Crippen molar-refractivity contribution in [2.75, 3.05) is 26.7 Å². The fraction of sp³-hybridized carbons (Fsp3) is 0.500. The number of nitrogens with one attached hydrogen (secondary N) is 2. The number of pyridine rings is 1. The van der Waals surface area contributed by atoms with E-state index in [1.54, 1.807) is 19.3 Å². The second-order valence-corrected chi connectivity index (χ2v) is 8.63. The number of ether oxygens (including phenoxy) is 1. The second kappa shape index (κ2) is 10.7. The molecule has 4 rings (SSSR count). The van der Waals surface area contributed by atoms with Crippen molar-refractivity contribution in [1.82, 2.24) is 20.5 Å². The largest absolute Gasteiger partial charge is 0.477 e. The van der Waals surface area contributed by atoms with Crippen LogP contribution in [0.15, 0.2) is 41.5 Å². The van der Waals surface area contributed by atoms with Crippen LogP contribution in [0.4, 0.5) is 8.78 Å². The predicted molar refractivity (Wildman–Crippen MR) is 120 cm³/mol. The van der Waals surface area contributed by atoms with Gasteiger partial charge in [-0.2, -0.15) is 0 Å². The second-order valence-electron chi connectivity index (χ2n) is 8.63. The first kappa shape index (κ1) is 22.5. The molecule has 0 atom stereocenters. The van der Waals surface area contributed by atoms with E-state index in [2.05, 4.69) is 25.5 Å². The number of hydrogen-bond acceptors (Lipinski definition) is 4. The molecule has 32 heavy (non-hydrogen) atoms. The van der Waals surface area contributed by atoms with Crippen LogP contribution >= 0.6 is 0 Å². The third-order valence-electron chi connectivity index (χ3n) is 5.97. The summed E-state index contributed by atoms with van der Waals surface area (Å²) < 4.78 is 32.3. The number of benzene rings is 1. The molecular weight excluding hydrogens is 412 g/mol. The number of halogens is 2. The van der Waals surface area contributed by atoms with Crippen LogP contribution in [0, 0.1) is 17.6 Å². The van der Waals surface area contributed by atoms with Gasteiger partial charge >= 0.3 is 0 Å². The number of aliphatic imine (C=N–C) groups is 1. The molecule has 1 aliphatic heterocycles. The van der Waals surface area contributed by atoms with Crippen molar-refractivity contribution in [2.45, 2.75) is 44.8 Å². The summed E-state index contributed by atoms with van der Waals surface area (Å²) in [4.78, 5) is 10.9. The maximum absolute atomic E-state index is 13.4. The van der Waals surface area contributed by atoms with Crippen molar-refractivity contribution in [2.24, 2.45) is 10.9 Å². The van der Waals surface area contributed by atoms with Gasteiger partial charge in [0.05, 0.1) is 6.61 Å². The smallest absolute Gasteiger partial charge is 0.213 e. The molecule has 0 amide bonds. The van der Waals surface area contributed by atoms with Crippen LogP contribution in [0.1, 0.15) is 36.8 Å². The van der Waals surface area contributed by atoms with E-state index in [4.69, 9.17) is 4.74 Å². The summed E-state index contributed by atoms with van der Waals surface area (Å²) >= 11 is 0. The van der Waals surface area contributed by atoms with E-state index in [0.29, 0.717) is 30.9 Å². The molecule has 1 aromatic heterocycles. The van der Waals surface area contributed by atoms with Gasteiger partial charge in [-0.3, -0.25) is 9.89 Å². The topological polar surface area (TPSA) is 61.8 Å².